The third-order valence-electron chi connectivity index (χ3n) is 5.27. The van der Waals surface area contributed by atoms with E-state index in [2.05, 4.69) is 39.0 Å². The number of nitrogens with one attached hydrogen (secondary N) is 1. The summed E-state index contributed by atoms with van der Waals surface area (Å²) in [6.45, 7) is 10.3. The normalized spacial score (nSPS) is 11.3. The zero-order valence-electron chi connectivity index (χ0n) is 17.1. The lowest BCUT2D eigenvalue weighted by Gasteiger charge is -2.23. The number of hydrogen-bond donors (Lipinski definition) is 1. The topological polar surface area (TPSA) is 37.6 Å². The van der Waals surface area contributed by atoms with Gasteiger partial charge in [-0.3, -0.25) is 9.69 Å². The molecule has 1 heterocycles. The predicted molar refractivity (Wildman–Crippen MR) is 118 cm³/mol. The van der Waals surface area contributed by atoms with Crippen molar-refractivity contribution in [2.24, 2.45) is 0 Å². The average molecular weight is 397 g/mol. The Balaban J connectivity index is 1.87. The Labute approximate surface area is 171 Å². The summed E-state index contributed by atoms with van der Waals surface area (Å²) >= 11 is 1.63. The minimum Gasteiger partial charge on any atom is -0.334 e. The average Bonchev–Trinajstić information content (AvgIpc) is 3.14. The molecule has 0 atom stereocenters. The van der Waals surface area contributed by atoms with Crippen LogP contribution in [0.5, 0.6) is 0 Å². The number of hydrogen-bond acceptors (Lipinski definition) is 3. The monoisotopic (exact) mass is 396 g/mol. The SMILES string of the molecule is CCc1ccc2nc(N(CC[NH+](CC)CC)C(=O)Cc3ccccc3)sc2c1. The third kappa shape index (κ3) is 4.97. The number of thiazole rings is 1. The maximum absolute atomic E-state index is 13.2. The van der Waals surface area contributed by atoms with Gasteiger partial charge in [0.25, 0.3) is 0 Å². The van der Waals surface area contributed by atoms with Crippen LogP contribution < -0.4 is 9.80 Å². The fourth-order valence-corrected chi connectivity index (χ4v) is 4.43. The molecule has 0 aliphatic carbocycles. The van der Waals surface area contributed by atoms with E-state index in [4.69, 9.17) is 4.98 Å². The fraction of sp³-hybridized carbons (Fsp3) is 0.391. The smallest absolute Gasteiger partial charge is 0.233 e. The summed E-state index contributed by atoms with van der Waals surface area (Å²) < 4.78 is 1.15. The zero-order valence-corrected chi connectivity index (χ0v) is 17.9. The minimum atomic E-state index is 0.118. The largest absolute Gasteiger partial charge is 0.334 e. The number of anilines is 1. The molecule has 3 aromatic rings. The van der Waals surface area contributed by atoms with Crippen LogP contribution in [0.3, 0.4) is 0 Å². The summed E-state index contributed by atoms with van der Waals surface area (Å²) in [6.07, 6.45) is 1.41. The van der Waals surface area contributed by atoms with E-state index in [1.807, 2.05) is 35.2 Å². The van der Waals surface area contributed by atoms with Gasteiger partial charge in [-0.15, -0.1) is 0 Å². The van der Waals surface area contributed by atoms with Gasteiger partial charge in [-0.25, -0.2) is 4.98 Å². The Morgan fingerprint density at radius 2 is 1.79 bits per heavy atom. The quantitative estimate of drug-likeness (QED) is 0.602. The number of aryl methyl sites for hydroxylation is 1. The van der Waals surface area contributed by atoms with Gasteiger partial charge in [0.2, 0.25) is 5.91 Å². The Morgan fingerprint density at radius 3 is 2.46 bits per heavy atom. The summed E-state index contributed by atoms with van der Waals surface area (Å²) in [5.41, 5.74) is 3.32. The van der Waals surface area contributed by atoms with E-state index in [1.165, 1.54) is 10.5 Å². The van der Waals surface area contributed by atoms with E-state index in [1.54, 1.807) is 11.3 Å². The molecule has 28 heavy (non-hydrogen) atoms. The molecule has 0 radical (unpaired) electrons. The number of carbonyl (C=O) groups excluding carboxylic acids is 1. The van der Waals surface area contributed by atoms with Crippen LogP contribution in [-0.4, -0.2) is 37.1 Å². The molecule has 0 saturated carbocycles. The number of benzene rings is 2. The summed E-state index contributed by atoms with van der Waals surface area (Å²) in [5.74, 6) is 0.118. The number of aromatic nitrogens is 1. The van der Waals surface area contributed by atoms with Crippen LogP contribution in [0.1, 0.15) is 31.9 Å². The summed E-state index contributed by atoms with van der Waals surface area (Å²) in [7, 11) is 0. The molecule has 0 aliphatic heterocycles. The number of amides is 1. The maximum Gasteiger partial charge on any atom is 0.233 e. The molecule has 0 fully saturated rings. The lowest BCUT2D eigenvalue weighted by molar-refractivity contribution is -0.894. The van der Waals surface area contributed by atoms with E-state index in [-0.39, 0.29) is 5.91 Å². The molecule has 0 spiro atoms. The molecule has 0 unspecified atom stereocenters. The molecule has 0 aliphatic rings. The van der Waals surface area contributed by atoms with E-state index in [0.29, 0.717) is 13.0 Å². The second kappa shape index (κ2) is 9.80. The zero-order chi connectivity index (χ0) is 19.9. The molecule has 0 bridgehead atoms. The number of fused-ring (bicyclic) bond motifs is 1. The van der Waals surface area contributed by atoms with E-state index in [0.717, 1.165) is 47.0 Å². The van der Waals surface area contributed by atoms with Gasteiger partial charge in [-0.1, -0.05) is 54.7 Å². The van der Waals surface area contributed by atoms with Gasteiger partial charge in [-0.2, -0.15) is 0 Å². The first kappa shape index (κ1) is 20.5. The van der Waals surface area contributed by atoms with Crippen LogP contribution in [0.15, 0.2) is 48.5 Å². The molecule has 1 N–H and O–H groups in total. The van der Waals surface area contributed by atoms with Gasteiger partial charge >= 0.3 is 0 Å². The first-order valence-electron chi connectivity index (χ1n) is 10.2. The van der Waals surface area contributed by atoms with Crippen molar-refractivity contribution in [2.75, 3.05) is 31.1 Å². The Morgan fingerprint density at radius 1 is 1.04 bits per heavy atom. The van der Waals surface area contributed by atoms with Gasteiger partial charge in [0.1, 0.15) is 0 Å². The van der Waals surface area contributed by atoms with Gasteiger partial charge in [-0.05, 0) is 43.5 Å². The summed E-state index contributed by atoms with van der Waals surface area (Å²) in [5, 5.41) is 0.816. The minimum absolute atomic E-state index is 0.118. The van der Waals surface area contributed by atoms with Crippen molar-refractivity contribution in [3.63, 3.8) is 0 Å². The number of carbonyl (C=O) groups is 1. The van der Waals surface area contributed by atoms with Gasteiger partial charge in [0, 0.05) is 0 Å². The van der Waals surface area contributed by atoms with Crippen LogP contribution >= 0.6 is 11.3 Å². The fourth-order valence-electron chi connectivity index (χ4n) is 3.36. The third-order valence-corrected chi connectivity index (χ3v) is 6.31. The van der Waals surface area contributed by atoms with Gasteiger partial charge in [0.05, 0.1) is 42.8 Å². The molecule has 5 heteroatoms. The molecule has 1 amide bonds. The molecule has 148 valence electrons. The second-order valence-electron chi connectivity index (χ2n) is 7.07. The van der Waals surface area contributed by atoms with Crippen molar-refractivity contribution in [2.45, 2.75) is 33.6 Å². The first-order chi connectivity index (χ1) is 13.6. The molecule has 4 nitrogen and oxygen atoms in total. The highest BCUT2D eigenvalue weighted by molar-refractivity contribution is 7.22. The van der Waals surface area contributed by atoms with Crippen LogP contribution in [0, 0.1) is 0 Å². The van der Waals surface area contributed by atoms with Crippen LogP contribution in [0.25, 0.3) is 10.2 Å². The maximum atomic E-state index is 13.2. The van der Waals surface area contributed by atoms with E-state index in [9.17, 15) is 4.79 Å². The van der Waals surface area contributed by atoms with Crippen LogP contribution in [0.4, 0.5) is 5.13 Å². The van der Waals surface area contributed by atoms with Crippen molar-refractivity contribution in [3.05, 3.63) is 59.7 Å². The summed E-state index contributed by atoms with van der Waals surface area (Å²) in [6, 6.07) is 16.4. The van der Waals surface area contributed by atoms with Crippen molar-refractivity contribution in [1.29, 1.82) is 0 Å². The molecule has 3 rings (SSSR count). The lowest BCUT2D eigenvalue weighted by Crippen LogP contribution is -3.12. The lowest BCUT2D eigenvalue weighted by atomic mass is 10.1. The molecular weight excluding hydrogens is 366 g/mol. The Kier molecular flexibility index (Phi) is 7.18. The number of nitrogens with zero attached hydrogens (tertiary/aromatic N) is 2. The van der Waals surface area contributed by atoms with Crippen molar-refractivity contribution in [3.8, 4) is 0 Å². The standard InChI is InChI=1S/C23H29N3OS/c1-4-18-12-13-20-21(16-18)28-23(24-20)26(15-14-25(5-2)6-3)22(27)17-19-10-8-7-9-11-19/h7-13,16H,4-6,14-15,17H2,1-3H3/p+1. The number of quaternary nitrogens is 1. The van der Waals surface area contributed by atoms with Crippen LogP contribution in [0.2, 0.25) is 0 Å². The van der Waals surface area contributed by atoms with E-state index >= 15 is 0 Å². The second-order valence-corrected chi connectivity index (χ2v) is 8.08. The van der Waals surface area contributed by atoms with Crippen molar-refractivity contribution in [1.82, 2.24) is 4.98 Å². The molecule has 2 aromatic carbocycles. The number of likely N-dealkylation sites (N-methyl/N-ethyl adjacent to an activating group) is 1. The van der Waals surface area contributed by atoms with Crippen molar-refractivity contribution < 1.29 is 9.69 Å². The Hall–Kier alpha value is -2.24. The highest BCUT2D eigenvalue weighted by Gasteiger charge is 2.21. The summed E-state index contributed by atoms with van der Waals surface area (Å²) in [4.78, 5) is 21.4. The highest BCUT2D eigenvalue weighted by atomic mass is 32.1. The van der Waals surface area contributed by atoms with E-state index < -0.39 is 0 Å². The predicted octanol–water partition coefficient (Wildman–Crippen LogP) is 3.36. The van der Waals surface area contributed by atoms with Crippen molar-refractivity contribution >= 4 is 32.6 Å². The Bertz CT molecular complexity index is 903. The number of rotatable bonds is 9. The highest BCUT2D eigenvalue weighted by Crippen LogP contribution is 2.30. The molecule has 1 aromatic heterocycles. The molecular formula is C23H30N3OS+. The van der Waals surface area contributed by atoms with Crippen LogP contribution in [-0.2, 0) is 17.6 Å². The molecule has 0 saturated heterocycles. The first-order valence-corrected chi connectivity index (χ1v) is 11.0. The van der Waals surface area contributed by atoms with Gasteiger partial charge < -0.3 is 4.90 Å². The van der Waals surface area contributed by atoms with Gasteiger partial charge in [0.15, 0.2) is 5.13 Å².